The Morgan fingerprint density at radius 2 is 1.71 bits per heavy atom. The van der Waals surface area contributed by atoms with Gasteiger partial charge in [0.05, 0.1) is 5.56 Å². The Labute approximate surface area is 99.0 Å². The van der Waals surface area contributed by atoms with Gasteiger partial charge in [-0.3, -0.25) is 4.79 Å². The van der Waals surface area contributed by atoms with Crippen molar-refractivity contribution in [2.24, 2.45) is 0 Å². The molecule has 0 aliphatic rings. The number of carbonyl (C=O) groups is 1. The van der Waals surface area contributed by atoms with E-state index in [1.807, 2.05) is 19.1 Å². The van der Waals surface area contributed by atoms with E-state index >= 15 is 0 Å². The topological polar surface area (TPSA) is 57.5 Å². The Kier molecular flexibility index (Phi) is 2.83. The first-order chi connectivity index (χ1) is 8.09. The van der Waals surface area contributed by atoms with Crippen LogP contribution in [0.15, 0.2) is 42.5 Å². The van der Waals surface area contributed by atoms with E-state index in [1.54, 1.807) is 12.1 Å². The van der Waals surface area contributed by atoms with Gasteiger partial charge < -0.3 is 10.2 Å². The summed E-state index contributed by atoms with van der Waals surface area (Å²) in [6.07, 6.45) is 0. The number of ketones is 1. The summed E-state index contributed by atoms with van der Waals surface area (Å²) in [5.74, 6) is -0.465. The van der Waals surface area contributed by atoms with Crippen LogP contribution in [0.3, 0.4) is 0 Å². The van der Waals surface area contributed by atoms with Crippen molar-refractivity contribution in [1.29, 1.82) is 0 Å². The van der Waals surface area contributed by atoms with Gasteiger partial charge in [0.15, 0.2) is 5.78 Å². The minimum atomic E-state index is -0.295. The van der Waals surface area contributed by atoms with E-state index in [1.165, 1.54) is 18.2 Å². The van der Waals surface area contributed by atoms with E-state index in [9.17, 15) is 15.0 Å². The zero-order valence-corrected chi connectivity index (χ0v) is 9.34. The number of phenols is 2. The molecule has 0 spiro atoms. The van der Waals surface area contributed by atoms with Crippen molar-refractivity contribution >= 4 is 5.78 Å². The predicted molar refractivity (Wildman–Crippen MR) is 64.4 cm³/mol. The third-order valence-corrected chi connectivity index (χ3v) is 2.61. The lowest BCUT2D eigenvalue weighted by molar-refractivity contribution is 0.103. The summed E-state index contributed by atoms with van der Waals surface area (Å²) >= 11 is 0. The summed E-state index contributed by atoms with van der Waals surface area (Å²) in [7, 11) is 0. The number of benzene rings is 2. The molecule has 0 amide bonds. The second kappa shape index (κ2) is 4.29. The van der Waals surface area contributed by atoms with Gasteiger partial charge in [-0.2, -0.15) is 0 Å². The molecule has 0 aliphatic carbocycles. The average Bonchev–Trinajstić information content (AvgIpc) is 2.32. The molecule has 0 aliphatic heterocycles. The van der Waals surface area contributed by atoms with Crippen molar-refractivity contribution in [3.8, 4) is 11.5 Å². The van der Waals surface area contributed by atoms with Crippen LogP contribution >= 0.6 is 0 Å². The third kappa shape index (κ3) is 2.13. The zero-order chi connectivity index (χ0) is 12.4. The fourth-order valence-electron chi connectivity index (χ4n) is 1.68. The molecule has 0 heterocycles. The first-order valence-corrected chi connectivity index (χ1v) is 5.22. The molecule has 2 rings (SSSR count). The monoisotopic (exact) mass is 228 g/mol. The minimum absolute atomic E-state index is 0.0419. The third-order valence-electron chi connectivity index (χ3n) is 2.61. The zero-order valence-electron chi connectivity index (χ0n) is 9.34. The molecular formula is C14H12O3. The Morgan fingerprint density at radius 3 is 2.41 bits per heavy atom. The number of aromatic hydroxyl groups is 2. The van der Waals surface area contributed by atoms with E-state index in [4.69, 9.17) is 0 Å². The van der Waals surface area contributed by atoms with Gasteiger partial charge in [0.2, 0.25) is 0 Å². The maximum absolute atomic E-state index is 12.2. The molecule has 2 N–H and O–H groups in total. The molecule has 0 saturated heterocycles. The van der Waals surface area contributed by atoms with Gasteiger partial charge in [0.25, 0.3) is 0 Å². The molecule has 0 unspecified atom stereocenters. The van der Waals surface area contributed by atoms with Crippen LogP contribution in [0.1, 0.15) is 21.5 Å². The standard InChI is InChI=1S/C14H12O3/c1-9-4-2-3-5-11(9)14(17)12-8-10(15)6-7-13(12)16/h2-8,15-16H,1H3. The predicted octanol–water partition coefficient (Wildman–Crippen LogP) is 2.64. The van der Waals surface area contributed by atoms with E-state index in [2.05, 4.69) is 0 Å². The average molecular weight is 228 g/mol. The van der Waals surface area contributed by atoms with Crippen molar-refractivity contribution < 1.29 is 15.0 Å². The molecule has 2 aromatic rings. The summed E-state index contributed by atoms with van der Waals surface area (Å²) in [5.41, 5.74) is 1.47. The maximum Gasteiger partial charge on any atom is 0.197 e. The molecule has 0 radical (unpaired) electrons. The van der Waals surface area contributed by atoms with Gasteiger partial charge in [-0.1, -0.05) is 24.3 Å². The van der Waals surface area contributed by atoms with Crippen LogP contribution in [0.4, 0.5) is 0 Å². The second-order valence-electron chi connectivity index (χ2n) is 3.85. The van der Waals surface area contributed by atoms with E-state index in [-0.39, 0.29) is 22.8 Å². The first-order valence-electron chi connectivity index (χ1n) is 5.22. The highest BCUT2D eigenvalue weighted by atomic mass is 16.3. The normalized spacial score (nSPS) is 10.2. The minimum Gasteiger partial charge on any atom is -0.508 e. The Hall–Kier alpha value is -2.29. The van der Waals surface area contributed by atoms with Crippen LogP contribution in [0.25, 0.3) is 0 Å². The lowest BCUT2D eigenvalue weighted by atomic mass is 9.98. The van der Waals surface area contributed by atoms with Crippen LogP contribution in [-0.4, -0.2) is 16.0 Å². The molecule has 2 aromatic carbocycles. The highest BCUT2D eigenvalue weighted by molar-refractivity contribution is 6.11. The van der Waals surface area contributed by atoms with E-state index in [0.29, 0.717) is 5.56 Å². The molecule has 3 heteroatoms. The summed E-state index contributed by atoms with van der Waals surface area (Å²) in [6, 6.07) is 11.0. The molecule has 0 aromatic heterocycles. The highest BCUT2D eigenvalue weighted by Crippen LogP contribution is 2.25. The van der Waals surface area contributed by atoms with Crippen LogP contribution in [0, 0.1) is 6.92 Å². The molecule has 86 valence electrons. The number of phenolic OH excluding ortho intramolecular Hbond substituents is 2. The Balaban J connectivity index is 2.51. The number of hydrogen-bond acceptors (Lipinski definition) is 3. The fourth-order valence-corrected chi connectivity index (χ4v) is 1.68. The van der Waals surface area contributed by atoms with Crippen LogP contribution < -0.4 is 0 Å². The molecule has 0 atom stereocenters. The van der Waals surface area contributed by atoms with Crippen molar-refractivity contribution in [3.05, 3.63) is 59.2 Å². The van der Waals surface area contributed by atoms with Gasteiger partial charge in [0.1, 0.15) is 11.5 Å². The smallest absolute Gasteiger partial charge is 0.197 e. The van der Waals surface area contributed by atoms with Gasteiger partial charge in [-0.05, 0) is 30.7 Å². The fraction of sp³-hybridized carbons (Fsp3) is 0.0714. The summed E-state index contributed by atoms with van der Waals surface area (Å²) in [6.45, 7) is 1.83. The van der Waals surface area contributed by atoms with Crippen molar-refractivity contribution in [1.82, 2.24) is 0 Å². The largest absolute Gasteiger partial charge is 0.508 e. The lowest BCUT2D eigenvalue weighted by Crippen LogP contribution is -2.03. The van der Waals surface area contributed by atoms with Crippen molar-refractivity contribution in [2.75, 3.05) is 0 Å². The number of hydrogen-bond donors (Lipinski definition) is 2. The van der Waals surface area contributed by atoms with E-state index in [0.717, 1.165) is 5.56 Å². The second-order valence-corrected chi connectivity index (χ2v) is 3.85. The molecule has 17 heavy (non-hydrogen) atoms. The molecule has 3 nitrogen and oxygen atoms in total. The SMILES string of the molecule is Cc1ccccc1C(=O)c1cc(O)ccc1O. The van der Waals surface area contributed by atoms with Crippen molar-refractivity contribution in [2.45, 2.75) is 6.92 Å². The Morgan fingerprint density at radius 1 is 1.00 bits per heavy atom. The summed E-state index contributed by atoms with van der Waals surface area (Å²) in [4.78, 5) is 12.2. The first kappa shape index (κ1) is 11.2. The molecule has 0 bridgehead atoms. The van der Waals surface area contributed by atoms with Crippen LogP contribution in [0.2, 0.25) is 0 Å². The molecular weight excluding hydrogens is 216 g/mol. The highest BCUT2D eigenvalue weighted by Gasteiger charge is 2.15. The number of rotatable bonds is 2. The number of aryl methyl sites for hydroxylation is 1. The van der Waals surface area contributed by atoms with Crippen LogP contribution in [0.5, 0.6) is 11.5 Å². The van der Waals surface area contributed by atoms with E-state index < -0.39 is 0 Å². The quantitative estimate of drug-likeness (QED) is 0.613. The van der Waals surface area contributed by atoms with Gasteiger partial charge in [0, 0.05) is 5.56 Å². The Bertz CT molecular complexity index is 573. The molecule has 0 fully saturated rings. The van der Waals surface area contributed by atoms with Gasteiger partial charge in [-0.25, -0.2) is 0 Å². The van der Waals surface area contributed by atoms with Crippen LogP contribution in [-0.2, 0) is 0 Å². The summed E-state index contributed by atoms with van der Waals surface area (Å²) < 4.78 is 0. The van der Waals surface area contributed by atoms with Gasteiger partial charge in [-0.15, -0.1) is 0 Å². The lowest BCUT2D eigenvalue weighted by Gasteiger charge is -2.06. The number of carbonyl (C=O) groups excluding carboxylic acids is 1. The van der Waals surface area contributed by atoms with Gasteiger partial charge >= 0.3 is 0 Å². The summed E-state index contributed by atoms with van der Waals surface area (Å²) in [5, 5.41) is 19.0. The molecule has 0 saturated carbocycles. The maximum atomic E-state index is 12.2. The van der Waals surface area contributed by atoms with Crippen molar-refractivity contribution in [3.63, 3.8) is 0 Å².